The van der Waals surface area contributed by atoms with Gasteiger partial charge in [-0.15, -0.1) is 0 Å². The Morgan fingerprint density at radius 1 is 1.38 bits per heavy atom. The Bertz CT molecular complexity index is 353. The number of alkyl halides is 1. The first-order valence-electron chi connectivity index (χ1n) is 5.87. The molecule has 0 saturated carbocycles. The normalized spacial score (nSPS) is 19.8. The standard InChI is InChI=1S/C13H19BrN2/c1-13(2)5-8-16(9-6-13)12-11(10-14)4-3-7-15-12/h3-4,7H,5-6,8-10H2,1-2H3. The van der Waals surface area contributed by atoms with Crippen molar-refractivity contribution in [1.82, 2.24) is 4.98 Å². The predicted octanol–water partition coefficient (Wildman–Crippen LogP) is 3.60. The van der Waals surface area contributed by atoms with Gasteiger partial charge in [-0.05, 0) is 24.3 Å². The topological polar surface area (TPSA) is 16.1 Å². The Kier molecular flexibility index (Phi) is 3.53. The van der Waals surface area contributed by atoms with Crippen molar-refractivity contribution in [2.45, 2.75) is 32.0 Å². The largest absolute Gasteiger partial charge is 0.356 e. The molecule has 0 amide bonds. The molecule has 1 saturated heterocycles. The molecular formula is C13H19BrN2. The van der Waals surface area contributed by atoms with Crippen LogP contribution in [0, 0.1) is 5.41 Å². The van der Waals surface area contributed by atoms with Crippen LogP contribution in [0.1, 0.15) is 32.3 Å². The molecule has 0 spiro atoms. The molecule has 16 heavy (non-hydrogen) atoms. The Morgan fingerprint density at radius 2 is 2.06 bits per heavy atom. The van der Waals surface area contributed by atoms with Crippen molar-refractivity contribution in [3.8, 4) is 0 Å². The fourth-order valence-electron chi connectivity index (χ4n) is 2.14. The lowest BCUT2D eigenvalue weighted by atomic mass is 9.82. The van der Waals surface area contributed by atoms with Gasteiger partial charge in [0.15, 0.2) is 0 Å². The van der Waals surface area contributed by atoms with E-state index in [1.807, 2.05) is 12.3 Å². The van der Waals surface area contributed by atoms with Gasteiger partial charge in [-0.1, -0.05) is 35.8 Å². The Labute approximate surface area is 106 Å². The van der Waals surface area contributed by atoms with E-state index >= 15 is 0 Å². The summed E-state index contributed by atoms with van der Waals surface area (Å²) in [5, 5.41) is 0.885. The van der Waals surface area contributed by atoms with E-state index in [1.54, 1.807) is 0 Å². The van der Waals surface area contributed by atoms with Crippen LogP contribution in [0.5, 0.6) is 0 Å². The molecule has 1 fully saturated rings. The van der Waals surface area contributed by atoms with Crippen LogP contribution in [0.2, 0.25) is 0 Å². The Morgan fingerprint density at radius 3 is 2.69 bits per heavy atom. The van der Waals surface area contributed by atoms with Gasteiger partial charge in [-0.3, -0.25) is 0 Å². The number of pyridine rings is 1. The third-order valence-corrected chi connectivity index (χ3v) is 4.03. The Hall–Kier alpha value is -0.570. The van der Waals surface area contributed by atoms with Crippen molar-refractivity contribution < 1.29 is 0 Å². The maximum atomic E-state index is 4.52. The number of aromatic nitrogens is 1. The summed E-state index contributed by atoms with van der Waals surface area (Å²) in [4.78, 5) is 6.94. The molecule has 2 heterocycles. The lowest BCUT2D eigenvalue weighted by Crippen LogP contribution is -2.38. The molecule has 0 aromatic carbocycles. The van der Waals surface area contributed by atoms with Gasteiger partial charge in [-0.25, -0.2) is 4.98 Å². The molecule has 1 aromatic heterocycles. The number of piperidine rings is 1. The molecule has 0 aliphatic carbocycles. The fourth-order valence-corrected chi connectivity index (χ4v) is 2.58. The van der Waals surface area contributed by atoms with Gasteiger partial charge in [0.25, 0.3) is 0 Å². The highest BCUT2D eigenvalue weighted by molar-refractivity contribution is 9.08. The van der Waals surface area contributed by atoms with E-state index in [2.05, 4.69) is 45.7 Å². The molecule has 1 aliphatic heterocycles. The zero-order valence-electron chi connectivity index (χ0n) is 10.0. The van der Waals surface area contributed by atoms with E-state index in [1.165, 1.54) is 18.4 Å². The number of anilines is 1. The number of rotatable bonds is 2. The summed E-state index contributed by atoms with van der Waals surface area (Å²) in [5.41, 5.74) is 1.79. The minimum absolute atomic E-state index is 0.500. The van der Waals surface area contributed by atoms with Gasteiger partial charge in [0.1, 0.15) is 5.82 Å². The molecule has 1 aromatic rings. The average Bonchev–Trinajstić information content (AvgIpc) is 2.29. The third-order valence-electron chi connectivity index (χ3n) is 3.43. The first-order chi connectivity index (χ1) is 7.62. The van der Waals surface area contributed by atoms with Crippen LogP contribution in [0.15, 0.2) is 18.3 Å². The predicted molar refractivity (Wildman–Crippen MR) is 72.1 cm³/mol. The van der Waals surface area contributed by atoms with Crippen molar-refractivity contribution in [2.75, 3.05) is 18.0 Å². The van der Waals surface area contributed by atoms with Gasteiger partial charge >= 0.3 is 0 Å². The summed E-state index contributed by atoms with van der Waals surface area (Å²) in [6.45, 7) is 6.97. The summed E-state index contributed by atoms with van der Waals surface area (Å²) >= 11 is 3.53. The molecule has 0 unspecified atom stereocenters. The summed E-state index contributed by atoms with van der Waals surface area (Å²) in [6.07, 6.45) is 4.40. The van der Waals surface area contributed by atoms with Crippen LogP contribution in [0.3, 0.4) is 0 Å². The second-order valence-corrected chi connectivity index (χ2v) is 5.83. The van der Waals surface area contributed by atoms with Crippen LogP contribution in [-0.2, 0) is 5.33 Å². The van der Waals surface area contributed by atoms with Gasteiger partial charge in [0.05, 0.1) is 0 Å². The minimum atomic E-state index is 0.500. The summed E-state index contributed by atoms with van der Waals surface area (Å²) in [5.74, 6) is 1.16. The second-order valence-electron chi connectivity index (χ2n) is 5.27. The lowest BCUT2D eigenvalue weighted by molar-refractivity contribution is 0.279. The van der Waals surface area contributed by atoms with E-state index < -0.39 is 0 Å². The van der Waals surface area contributed by atoms with E-state index in [-0.39, 0.29) is 0 Å². The van der Waals surface area contributed by atoms with Gasteiger partial charge in [-0.2, -0.15) is 0 Å². The first-order valence-corrected chi connectivity index (χ1v) is 6.99. The maximum Gasteiger partial charge on any atom is 0.132 e. The fraction of sp³-hybridized carbons (Fsp3) is 0.615. The lowest BCUT2D eigenvalue weighted by Gasteiger charge is -2.38. The van der Waals surface area contributed by atoms with Crippen LogP contribution < -0.4 is 4.90 Å². The summed E-state index contributed by atoms with van der Waals surface area (Å²) in [7, 11) is 0. The number of halogens is 1. The van der Waals surface area contributed by atoms with E-state index in [9.17, 15) is 0 Å². The quantitative estimate of drug-likeness (QED) is 0.771. The van der Waals surface area contributed by atoms with Crippen molar-refractivity contribution in [3.05, 3.63) is 23.9 Å². The minimum Gasteiger partial charge on any atom is -0.356 e. The van der Waals surface area contributed by atoms with Crippen molar-refractivity contribution in [3.63, 3.8) is 0 Å². The number of nitrogens with zero attached hydrogens (tertiary/aromatic N) is 2. The molecule has 0 atom stereocenters. The van der Waals surface area contributed by atoms with Gasteiger partial charge < -0.3 is 4.90 Å². The van der Waals surface area contributed by atoms with E-state index in [0.717, 1.165) is 24.2 Å². The molecule has 0 bridgehead atoms. The third kappa shape index (κ3) is 2.57. The highest BCUT2D eigenvalue weighted by Crippen LogP contribution is 2.32. The smallest absolute Gasteiger partial charge is 0.132 e. The zero-order chi connectivity index (χ0) is 11.6. The van der Waals surface area contributed by atoms with Crippen molar-refractivity contribution in [1.29, 1.82) is 0 Å². The number of hydrogen-bond donors (Lipinski definition) is 0. The molecule has 2 rings (SSSR count). The number of hydrogen-bond acceptors (Lipinski definition) is 2. The highest BCUT2D eigenvalue weighted by Gasteiger charge is 2.26. The zero-order valence-corrected chi connectivity index (χ0v) is 11.6. The Balaban J connectivity index is 2.14. The molecular weight excluding hydrogens is 264 g/mol. The second kappa shape index (κ2) is 4.74. The molecule has 88 valence electrons. The first kappa shape index (κ1) is 11.9. The van der Waals surface area contributed by atoms with Crippen molar-refractivity contribution in [2.24, 2.45) is 5.41 Å². The molecule has 2 nitrogen and oxygen atoms in total. The SMILES string of the molecule is CC1(C)CCN(c2ncccc2CBr)CC1. The highest BCUT2D eigenvalue weighted by atomic mass is 79.9. The van der Waals surface area contributed by atoms with Gasteiger partial charge in [0, 0.05) is 30.2 Å². The van der Waals surface area contributed by atoms with Crippen LogP contribution >= 0.6 is 15.9 Å². The van der Waals surface area contributed by atoms with Crippen molar-refractivity contribution >= 4 is 21.7 Å². The summed E-state index contributed by atoms with van der Waals surface area (Å²) < 4.78 is 0. The molecule has 3 heteroatoms. The average molecular weight is 283 g/mol. The van der Waals surface area contributed by atoms with Gasteiger partial charge in [0.2, 0.25) is 0 Å². The van der Waals surface area contributed by atoms with E-state index in [0.29, 0.717) is 5.41 Å². The molecule has 0 N–H and O–H groups in total. The van der Waals surface area contributed by atoms with Crippen LogP contribution in [0.4, 0.5) is 5.82 Å². The van der Waals surface area contributed by atoms with Crippen LogP contribution in [-0.4, -0.2) is 18.1 Å². The van der Waals surface area contributed by atoms with E-state index in [4.69, 9.17) is 0 Å². The molecule has 0 radical (unpaired) electrons. The van der Waals surface area contributed by atoms with Crippen LogP contribution in [0.25, 0.3) is 0 Å². The molecule has 1 aliphatic rings. The summed E-state index contributed by atoms with van der Waals surface area (Å²) in [6, 6.07) is 4.16. The maximum absolute atomic E-state index is 4.52. The monoisotopic (exact) mass is 282 g/mol.